The zero-order valence-electron chi connectivity index (χ0n) is 20.6. The normalized spacial score (nSPS) is 22.4. The van der Waals surface area contributed by atoms with E-state index in [9.17, 15) is 24.3 Å². The zero-order valence-corrected chi connectivity index (χ0v) is 21.4. The Hall–Kier alpha value is -2.55. The number of nitrogens with zero attached hydrogens (tertiary/aromatic N) is 1. The highest BCUT2D eigenvalue weighted by molar-refractivity contribution is 8.01. The van der Waals surface area contributed by atoms with E-state index in [1.165, 1.54) is 0 Å². The van der Waals surface area contributed by atoms with Crippen LogP contribution < -0.4 is 10.6 Å². The van der Waals surface area contributed by atoms with Crippen LogP contribution in [0.4, 0.5) is 0 Å². The molecule has 186 valence electrons. The summed E-state index contributed by atoms with van der Waals surface area (Å²) in [5, 5.41) is 14.7. The molecule has 0 radical (unpaired) electrons. The first-order valence-electron chi connectivity index (χ1n) is 11.8. The molecule has 1 aromatic carbocycles. The van der Waals surface area contributed by atoms with Crippen molar-refractivity contribution in [3.05, 3.63) is 35.4 Å². The number of carbonyl (C=O) groups excluding carboxylic acids is 3. The van der Waals surface area contributed by atoms with Gasteiger partial charge in [-0.25, -0.2) is 4.79 Å². The highest BCUT2D eigenvalue weighted by Crippen LogP contribution is 2.56. The van der Waals surface area contributed by atoms with E-state index in [1.807, 2.05) is 59.7 Å². The van der Waals surface area contributed by atoms with Crippen LogP contribution in [0.25, 0.3) is 0 Å². The third-order valence-corrected chi connectivity index (χ3v) is 7.74. The number of nitrogens with one attached hydrogen (secondary N) is 2. The third-order valence-electron chi connectivity index (χ3n) is 6.21. The van der Waals surface area contributed by atoms with Crippen LogP contribution in [0.2, 0.25) is 0 Å². The number of hydrogen-bond acceptors (Lipinski definition) is 5. The molecular formula is C25H35N3O5S. The number of carboxylic acid groups (broad SMARTS) is 1. The minimum atomic E-state index is -1.10. The van der Waals surface area contributed by atoms with Gasteiger partial charge in [0.05, 0.1) is 0 Å². The maximum Gasteiger partial charge on any atom is 0.326 e. The van der Waals surface area contributed by atoms with Crippen molar-refractivity contribution in [3.8, 4) is 0 Å². The Kier molecular flexibility index (Phi) is 7.65. The van der Waals surface area contributed by atoms with Crippen LogP contribution in [0.5, 0.6) is 0 Å². The molecule has 8 nitrogen and oxygen atoms in total. The monoisotopic (exact) mass is 489 g/mol. The average molecular weight is 490 g/mol. The van der Waals surface area contributed by atoms with Gasteiger partial charge in [0.2, 0.25) is 11.8 Å². The number of hydrogen-bond donors (Lipinski definition) is 3. The Labute approximate surface area is 205 Å². The molecule has 0 saturated carbocycles. The molecule has 2 aliphatic heterocycles. The Balaban J connectivity index is 1.82. The summed E-state index contributed by atoms with van der Waals surface area (Å²) >= 11 is 1.56. The molecule has 1 fully saturated rings. The van der Waals surface area contributed by atoms with Crippen molar-refractivity contribution in [1.82, 2.24) is 15.5 Å². The Morgan fingerprint density at radius 2 is 1.62 bits per heavy atom. The average Bonchev–Trinajstić information content (AvgIpc) is 3.15. The van der Waals surface area contributed by atoms with Gasteiger partial charge < -0.3 is 20.6 Å². The minimum absolute atomic E-state index is 0.0793. The molecule has 34 heavy (non-hydrogen) atoms. The topological polar surface area (TPSA) is 116 Å². The number of fused-ring (bicyclic) bond motifs is 3. The zero-order chi connectivity index (χ0) is 25.4. The molecule has 3 N–H and O–H groups in total. The summed E-state index contributed by atoms with van der Waals surface area (Å²) < 4.78 is -0.571. The van der Waals surface area contributed by atoms with Crippen LogP contribution in [-0.4, -0.2) is 56.6 Å². The predicted molar refractivity (Wildman–Crippen MR) is 131 cm³/mol. The van der Waals surface area contributed by atoms with Gasteiger partial charge in [-0.2, -0.15) is 0 Å². The van der Waals surface area contributed by atoms with Crippen molar-refractivity contribution >= 4 is 35.5 Å². The van der Waals surface area contributed by atoms with Crippen molar-refractivity contribution in [2.75, 3.05) is 0 Å². The van der Waals surface area contributed by atoms with Gasteiger partial charge in [0.1, 0.15) is 23.5 Å². The van der Waals surface area contributed by atoms with Crippen LogP contribution in [0, 0.1) is 11.8 Å². The Bertz CT molecular complexity index is 977. The number of rotatable bonds is 9. The van der Waals surface area contributed by atoms with E-state index < -0.39 is 40.7 Å². The van der Waals surface area contributed by atoms with E-state index in [4.69, 9.17) is 0 Å². The Morgan fingerprint density at radius 1 is 1.03 bits per heavy atom. The highest BCUT2D eigenvalue weighted by atomic mass is 32.2. The second-order valence-corrected chi connectivity index (χ2v) is 12.2. The van der Waals surface area contributed by atoms with Gasteiger partial charge in [-0.1, -0.05) is 45.9 Å². The summed E-state index contributed by atoms with van der Waals surface area (Å²) in [6.45, 7) is 11.5. The minimum Gasteiger partial charge on any atom is -0.480 e. The Morgan fingerprint density at radius 3 is 2.21 bits per heavy atom. The first-order chi connectivity index (χ1) is 15.8. The summed E-state index contributed by atoms with van der Waals surface area (Å²) in [6, 6.07) is 4.68. The predicted octanol–water partition coefficient (Wildman–Crippen LogP) is 3.18. The molecule has 2 aliphatic rings. The van der Waals surface area contributed by atoms with Crippen LogP contribution in [0.1, 0.15) is 75.7 Å². The molecule has 1 saturated heterocycles. The fourth-order valence-electron chi connectivity index (χ4n) is 4.72. The number of benzene rings is 1. The highest BCUT2D eigenvalue weighted by Gasteiger charge is 2.57. The largest absolute Gasteiger partial charge is 0.480 e. The van der Waals surface area contributed by atoms with E-state index in [-0.39, 0.29) is 29.5 Å². The van der Waals surface area contributed by atoms with Crippen molar-refractivity contribution in [3.63, 3.8) is 0 Å². The summed E-state index contributed by atoms with van der Waals surface area (Å²) in [7, 11) is 0. The maximum absolute atomic E-state index is 13.6. The van der Waals surface area contributed by atoms with Crippen molar-refractivity contribution in [2.45, 2.75) is 82.6 Å². The van der Waals surface area contributed by atoms with Crippen molar-refractivity contribution in [1.29, 1.82) is 0 Å². The van der Waals surface area contributed by atoms with Gasteiger partial charge >= 0.3 is 5.97 Å². The van der Waals surface area contributed by atoms with Crippen molar-refractivity contribution in [2.24, 2.45) is 11.8 Å². The summed E-state index contributed by atoms with van der Waals surface area (Å²) in [6.07, 6.45) is 0.640. The lowest BCUT2D eigenvalue weighted by atomic mass is 9.97. The molecule has 0 unspecified atom stereocenters. The summed E-state index contributed by atoms with van der Waals surface area (Å²) in [5.41, 5.74) is 1.50. The number of amides is 3. The lowest BCUT2D eigenvalue weighted by Crippen LogP contribution is -2.58. The van der Waals surface area contributed by atoms with Gasteiger partial charge in [0.25, 0.3) is 5.91 Å². The van der Waals surface area contributed by atoms with Crippen molar-refractivity contribution < 1.29 is 24.3 Å². The molecule has 9 heteroatoms. The van der Waals surface area contributed by atoms with Crippen LogP contribution in [0.3, 0.4) is 0 Å². The van der Waals surface area contributed by atoms with Gasteiger partial charge in [-0.3, -0.25) is 14.4 Å². The number of aliphatic carboxylic acids is 1. The lowest BCUT2D eigenvalue weighted by Gasteiger charge is -2.31. The molecule has 4 atom stereocenters. The van der Waals surface area contributed by atoms with E-state index >= 15 is 0 Å². The quantitative estimate of drug-likeness (QED) is 0.491. The summed E-state index contributed by atoms with van der Waals surface area (Å²) in [5.74, 6) is -2.06. The SMILES string of the molecule is CC(C)C[C@H](NC(=O)[C@H](CC(C)C)NC(=O)[C@H]1N2C(=O)c3ccccc3[C@@H]2SC1(C)C)C(=O)O. The van der Waals surface area contributed by atoms with Crippen LogP contribution in [0.15, 0.2) is 24.3 Å². The fraction of sp³-hybridized carbons (Fsp3) is 0.600. The maximum atomic E-state index is 13.6. The molecule has 0 bridgehead atoms. The lowest BCUT2D eigenvalue weighted by molar-refractivity contribution is -0.142. The fourth-order valence-corrected chi connectivity index (χ4v) is 6.31. The number of carbonyl (C=O) groups is 4. The molecule has 0 spiro atoms. The van der Waals surface area contributed by atoms with Gasteiger partial charge in [0, 0.05) is 10.3 Å². The molecule has 1 aromatic rings. The first kappa shape index (κ1) is 26.1. The van der Waals surface area contributed by atoms with Crippen LogP contribution in [-0.2, 0) is 14.4 Å². The molecule has 3 amide bonds. The van der Waals surface area contributed by atoms with Gasteiger partial charge in [-0.15, -0.1) is 11.8 Å². The van der Waals surface area contributed by atoms with Gasteiger partial charge in [0.15, 0.2) is 0 Å². The second kappa shape index (κ2) is 9.98. The first-order valence-corrected chi connectivity index (χ1v) is 12.6. The second-order valence-electron chi connectivity index (χ2n) is 10.5. The molecule has 3 rings (SSSR count). The van der Waals surface area contributed by atoms with Crippen LogP contribution >= 0.6 is 11.8 Å². The molecule has 2 heterocycles. The van der Waals surface area contributed by atoms with E-state index in [0.717, 1.165) is 5.56 Å². The third kappa shape index (κ3) is 5.24. The molecule has 0 aliphatic carbocycles. The molecule has 0 aromatic heterocycles. The smallest absolute Gasteiger partial charge is 0.326 e. The van der Waals surface area contributed by atoms with Gasteiger partial charge in [-0.05, 0) is 50.2 Å². The van der Waals surface area contributed by atoms with E-state index in [0.29, 0.717) is 12.0 Å². The molecular weight excluding hydrogens is 454 g/mol. The van der Waals surface area contributed by atoms with E-state index in [1.54, 1.807) is 22.7 Å². The standard InChI is InChI=1S/C25H35N3O5S/c1-13(2)11-17(20(29)27-18(24(32)33)12-14(3)4)26-21(30)19-25(5,6)34-23-16-10-8-7-9-15(16)22(31)28(19)23/h7-10,13-14,17-19,23H,11-12H2,1-6H3,(H,26,30)(H,27,29)(H,32,33)/t17-,18-,19+,23-/m0/s1. The summed E-state index contributed by atoms with van der Waals surface area (Å²) in [4.78, 5) is 53.1. The van der Waals surface area contributed by atoms with E-state index in [2.05, 4.69) is 10.6 Å². The number of carboxylic acids is 1. The number of thioether (sulfide) groups is 1.